The minimum Gasteiger partial charge on any atom is -0.381 e. The van der Waals surface area contributed by atoms with Crippen LogP contribution in [0.5, 0.6) is 0 Å². The van der Waals surface area contributed by atoms with Crippen molar-refractivity contribution in [2.24, 2.45) is 0 Å². The molecule has 0 atom stereocenters. The van der Waals surface area contributed by atoms with Gasteiger partial charge in [-0.3, -0.25) is 9.69 Å². The van der Waals surface area contributed by atoms with Gasteiger partial charge in [-0.25, -0.2) is 0 Å². The lowest BCUT2D eigenvalue weighted by atomic mass is 9.74. The Kier molecular flexibility index (Phi) is 7.00. The van der Waals surface area contributed by atoms with E-state index in [-0.39, 0.29) is 11.3 Å². The second kappa shape index (κ2) is 9.00. The van der Waals surface area contributed by atoms with Crippen LogP contribution >= 0.6 is 0 Å². The van der Waals surface area contributed by atoms with Crippen LogP contribution in [0.1, 0.15) is 32.3 Å². The molecule has 2 rings (SSSR count). The largest absolute Gasteiger partial charge is 0.381 e. The maximum atomic E-state index is 12.4. The number of hydrogen-bond acceptors (Lipinski definition) is 3. The third-order valence-electron chi connectivity index (χ3n) is 4.77. The monoisotopic (exact) mass is 330 g/mol. The van der Waals surface area contributed by atoms with Gasteiger partial charge in [0, 0.05) is 31.7 Å². The number of rotatable bonds is 8. The Balaban J connectivity index is 1.98. The van der Waals surface area contributed by atoms with E-state index in [1.54, 1.807) is 0 Å². The zero-order chi connectivity index (χ0) is 17.4. The Morgan fingerprint density at radius 3 is 2.50 bits per heavy atom. The average Bonchev–Trinajstić information content (AvgIpc) is 2.60. The van der Waals surface area contributed by atoms with Crippen molar-refractivity contribution in [3.8, 4) is 0 Å². The van der Waals surface area contributed by atoms with Crippen molar-refractivity contribution in [1.29, 1.82) is 0 Å². The second-order valence-electron chi connectivity index (χ2n) is 6.80. The number of ether oxygens (including phenoxy) is 1. The van der Waals surface area contributed by atoms with Gasteiger partial charge >= 0.3 is 0 Å². The zero-order valence-electron chi connectivity index (χ0n) is 15.0. The first-order valence-electron chi connectivity index (χ1n) is 8.82. The Morgan fingerprint density at radius 1 is 1.25 bits per heavy atom. The summed E-state index contributed by atoms with van der Waals surface area (Å²) in [4.78, 5) is 14.5. The fraction of sp³-hybridized carbons (Fsp3) is 0.550. The summed E-state index contributed by atoms with van der Waals surface area (Å²) in [6.07, 6.45) is 1.89. The quantitative estimate of drug-likeness (QED) is 0.745. The topological polar surface area (TPSA) is 41.6 Å². The Labute approximate surface area is 145 Å². The van der Waals surface area contributed by atoms with Crippen molar-refractivity contribution in [1.82, 2.24) is 10.2 Å². The highest BCUT2D eigenvalue weighted by molar-refractivity contribution is 5.78. The molecule has 1 N–H and O–H groups in total. The Bertz CT molecular complexity index is 536. The van der Waals surface area contributed by atoms with Crippen LogP contribution in [0, 0.1) is 0 Å². The van der Waals surface area contributed by atoms with Gasteiger partial charge in [-0.2, -0.15) is 0 Å². The molecule has 4 heteroatoms. The first-order chi connectivity index (χ1) is 11.6. The summed E-state index contributed by atoms with van der Waals surface area (Å²) < 4.78 is 5.55. The van der Waals surface area contributed by atoms with Gasteiger partial charge in [-0.15, -0.1) is 0 Å². The standard InChI is InChI=1S/C20H30N2O2/c1-4-22(14-17(2)3)15-19(23)21-16-20(10-12-24-13-11-20)18-8-6-5-7-9-18/h5-9H,2,4,10-16H2,1,3H3,(H,21,23). The van der Waals surface area contributed by atoms with Gasteiger partial charge in [0.1, 0.15) is 0 Å². The lowest BCUT2D eigenvalue weighted by Gasteiger charge is -2.38. The van der Waals surface area contributed by atoms with Crippen molar-refractivity contribution in [2.75, 3.05) is 39.4 Å². The number of carbonyl (C=O) groups excluding carboxylic acids is 1. The number of amides is 1. The maximum absolute atomic E-state index is 12.4. The van der Waals surface area contributed by atoms with Crippen LogP contribution in [0.4, 0.5) is 0 Å². The highest BCUT2D eigenvalue weighted by atomic mass is 16.5. The molecule has 1 aromatic carbocycles. The van der Waals surface area contributed by atoms with E-state index in [0.29, 0.717) is 13.1 Å². The molecule has 0 unspecified atom stereocenters. The third kappa shape index (κ3) is 5.18. The van der Waals surface area contributed by atoms with E-state index in [9.17, 15) is 4.79 Å². The molecule has 1 saturated heterocycles. The molecule has 132 valence electrons. The van der Waals surface area contributed by atoms with E-state index in [4.69, 9.17) is 4.74 Å². The van der Waals surface area contributed by atoms with Gasteiger partial charge in [0.25, 0.3) is 0 Å². The van der Waals surface area contributed by atoms with Crippen LogP contribution in [0.25, 0.3) is 0 Å². The number of nitrogens with one attached hydrogen (secondary N) is 1. The molecule has 0 saturated carbocycles. The van der Waals surface area contributed by atoms with Gasteiger partial charge in [-0.05, 0) is 31.9 Å². The molecule has 1 amide bonds. The minimum atomic E-state index is -0.0133. The first kappa shape index (κ1) is 18.7. The SMILES string of the molecule is C=C(C)CN(CC)CC(=O)NCC1(c2ccccc2)CCOCC1. The predicted octanol–water partition coefficient (Wildman–Crippen LogP) is 2.75. The van der Waals surface area contributed by atoms with Gasteiger partial charge in [0.15, 0.2) is 0 Å². The Hall–Kier alpha value is -1.65. The van der Waals surface area contributed by atoms with E-state index >= 15 is 0 Å². The average molecular weight is 330 g/mol. The summed E-state index contributed by atoms with van der Waals surface area (Å²) in [6.45, 7) is 12.2. The summed E-state index contributed by atoms with van der Waals surface area (Å²) in [5, 5.41) is 3.16. The van der Waals surface area contributed by atoms with Crippen molar-refractivity contribution < 1.29 is 9.53 Å². The number of carbonyl (C=O) groups is 1. The molecule has 4 nitrogen and oxygen atoms in total. The Morgan fingerprint density at radius 2 is 1.92 bits per heavy atom. The second-order valence-corrected chi connectivity index (χ2v) is 6.80. The van der Waals surface area contributed by atoms with Crippen LogP contribution in [-0.2, 0) is 14.9 Å². The van der Waals surface area contributed by atoms with Crippen molar-refractivity contribution in [3.63, 3.8) is 0 Å². The molecule has 0 spiro atoms. The van der Waals surface area contributed by atoms with Crippen LogP contribution < -0.4 is 5.32 Å². The molecule has 1 fully saturated rings. The van der Waals surface area contributed by atoms with Crippen LogP contribution in [0.15, 0.2) is 42.5 Å². The van der Waals surface area contributed by atoms with Crippen LogP contribution in [-0.4, -0.2) is 50.2 Å². The van der Waals surface area contributed by atoms with E-state index in [0.717, 1.165) is 44.7 Å². The summed E-state index contributed by atoms with van der Waals surface area (Å²) in [5.74, 6) is 0.0832. The molecule has 0 aliphatic carbocycles. The number of nitrogens with zero attached hydrogens (tertiary/aromatic N) is 1. The van der Waals surface area contributed by atoms with Crippen molar-refractivity contribution in [2.45, 2.75) is 32.1 Å². The molecule has 0 radical (unpaired) electrons. The van der Waals surface area contributed by atoms with Crippen LogP contribution in [0.3, 0.4) is 0 Å². The molecule has 1 aliphatic heterocycles. The van der Waals surface area contributed by atoms with E-state index < -0.39 is 0 Å². The number of benzene rings is 1. The van der Waals surface area contributed by atoms with Gasteiger partial charge in [0.2, 0.25) is 5.91 Å². The number of likely N-dealkylation sites (N-methyl/N-ethyl adjacent to an activating group) is 1. The van der Waals surface area contributed by atoms with Gasteiger partial charge in [-0.1, -0.05) is 49.4 Å². The highest BCUT2D eigenvalue weighted by Crippen LogP contribution is 2.34. The van der Waals surface area contributed by atoms with Gasteiger partial charge < -0.3 is 10.1 Å². The molecular formula is C20H30N2O2. The molecule has 1 aromatic rings. The molecule has 0 bridgehead atoms. The summed E-state index contributed by atoms with van der Waals surface area (Å²) in [6, 6.07) is 10.5. The summed E-state index contributed by atoms with van der Waals surface area (Å²) in [7, 11) is 0. The smallest absolute Gasteiger partial charge is 0.234 e. The first-order valence-corrected chi connectivity index (χ1v) is 8.82. The molecule has 1 heterocycles. The maximum Gasteiger partial charge on any atom is 0.234 e. The molecule has 24 heavy (non-hydrogen) atoms. The molecule has 1 aliphatic rings. The van der Waals surface area contributed by atoms with E-state index in [2.05, 4.69) is 48.0 Å². The van der Waals surface area contributed by atoms with Crippen molar-refractivity contribution in [3.05, 3.63) is 48.0 Å². The fourth-order valence-corrected chi connectivity index (χ4v) is 3.31. The third-order valence-corrected chi connectivity index (χ3v) is 4.77. The van der Waals surface area contributed by atoms with Gasteiger partial charge in [0.05, 0.1) is 6.54 Å². The number of hydrogen-bond donors (Lipinski definition) is 1. The summed E-state index contributed by atoms with van der Waals surface area (Å²) in [5.41, 5.74) is 2.36. The highest BCUT2D eigenvalue weighted by Gasteiger charge is 2.34. The fourth-order valence-electron chi connectivity index (χ4n) is 3.31. The minimum absolute atomic E-state index is 0.0133. The molecular weight excluding hydrogens is 300 g/mol. The predicted molar refractivity (Wildman–Crippen MR) is 98.1 cm³/mol. The lowest BCUT2D eigenvalue weighted by molar-refractivity contribution is -0.122. The van der Waals surface area contributed by atoms with Crippen molar-refractivity contribution >= 4 is 5.91 Å². The lowest BCUT2D eigenvalue weighted by Crippen LogP contribution is -2.47. The molecule has 0 aromatic heterocycles. The summed E-state index contributed by atoms with van der Waals surface area (Å²) >= 11 is 0. The van der Waals surface area contributed by atoms with E-state index in [1.807, 2.05) is 13.0 Å². The normalized spacial score (nSPS) is 16.8. The van der Waals surface area contributed by atoms with E-state index in [1.165, 1.54) is 5.56 Å². The zero-order valence-corrected chi connectivity index (χ0v) is 15.0. The van der Waals surface area contributed by atoms with Crippen LogP contribution in [0.2, 0.25) is 0 Å².